The van der Waals surface area contributed by atoms with Crippen LogP contribution in [0.25, 0.3) is 0 Å². The number of halogens is 1. The van der Waals surface area contributed by atoms with Crippen molar-refractivity contribution in [1.82, 2.24) is 0 Å². The molecule has 1 heterocycles. The zero-order valence-corrected chi connectivity index (χ0v) is 10.7. The normalized spacial score (nSPS) is 15.3. The Morgan fingerprint density at radius 2 is 2.32 bits per heavy atom. The maximum atomic E-state index is 13.9. The number of hydrogen-bond acceptors (Lipinski definition) is 3. The molecule has 19 heavy (non-hydrogen) atoms. The van der Waals surface area contributed by atoms with Gasteiger partial charge < -0.3 is 14.7 Å². The fraction of sp³-hybridized carbons (Fsp3) is 0.357. The van der Waals surface area contributed by atoms with Crippen LogP contribution in [0.3, 0.4) is 0 Å². The Morgan fingerprint density at radius 1 is 1.53 bits per heavy atom. The van der Waals surface area contributed by atoms with Gasteiger partial charge >= 0.3 is 5.97 Å². The third-order valence-electron chi connectivity index (χ3n) is 3.17. The SMILES string of the molecule is COCC1=CCN(c2ccc(C(=O)O)cc2F)CC1. The molecule has 0 fully saturated rings. The van der Waals surface area contributed by atoms with E-state index in [4.69, 9.17) is 9.84 Å². The van der Waals surface area contributed by atoms with Gasteiger partial charge in [-0.25, -0.2) is 9.18 Å². The van der Waals surface area contributed by atoms with Crippen molar-refractivity contribution in [2.75, 3.05) is 31.7 Å². The van der Waals surface area contributed by atoms with Crippen LogP contribution in [-0.2, 0) is 4.74 Å². The van der Waals surface area contributed by atoms with Crippen molar-refractivity contribution in [3.05, 3.63) is 41.2 Å². The zero-order chi connectivity index (χ0) is 13.8. The summed E-state index contributed by atoms with van der Waals surface area (Å²) in [6, 6.07) is 4.01. The minimum Gasteiger partial charge on any atom is -0.478 e. The van der Waals surface area contributed by atoms with E-state index in [1.807, 2.05) is 11.0 Å². The predicted molar refractivity (Wildman–Crippen MR) is 70.1 cm³/mol. The number of rotatable bonds is 4. The predicted octanol–water partition coefficient (Wildman–Crippen LogP) is 2.31. The van der Waals surface area contributed by atoms with Gasteiger partial charge in [0.15, 0.2) is 0 Å². The first-order valence-corrected chi connectivity index (χ1v) is 6.06. The number of carboxylic acids is 1. The van der Waals surface area contributed by atoms with Crippen LogP contribution in [0.1, 0.15) is 16.8 Å². The third-order valence-corrected chi connectivity index (χ3v) is 3.17. The average molecular weight is 265 g/mol. The van der Waals surface area contributed by atoms with Crippen molar-refractivity contribution in [2.24, 2.45) is 0 Å². The molecule has 2 rings (SSSR count). The van der Waals surface area contributed by atoms with Crippen molar-refractivity contribution in [3.8, 4) is 0 Å². The van der Waals surface area contributed by atoms with Gasteiger partial charge in [0.25, 0.3) is 0 Å². The van der Waals surface area contributed by atoms with Gasteiger partial charge in [-0.15, -0.1) is 0 Å². The molecule has 0 saturated heterocycles. The van der Waals surface area contributed by atoms with E-state index in [2.05, 4.69) is 0 Å². The highest BCUT2D eigenvalue weighted by molar-refractivity contribution is 5.88. The van der Waals surface area contributed by atoms with E-state index in [-0.39, 0.29) is 5.56 Å². The van der Waals surface area contributed by atoms with Crippen molar-refractivity contribution in [2.45, 2.75) is 6.42 Å². The number of carbonyl (C=O) groups is 1. The highest BCUT2D eigenvalue weighted by atomic mass is 19.1. The largest absolute Gasteiger partial charge is 0.478 e. The molecule has 0 spiro atoms. The monoisotopic (exact) mass is 265 g/mol. The van der Waals surface area contributed by atoms with E-state index in [9.17, 15) is 9.18 Å². The van der Waals surface area contributed by atoms with Gasteiger partial charge in [-0.3, -0.25) is 0 Å². The molecule has 5 heteroatoms. The third kappa shape index (κ3) is 3.12. The maximum Gasteiger partial charge on any atom is 0.335 e. The van der Waals surface area contributed by atoms with Crippen LogP contribution in [0.4, 0.5) is 10.1 Å². The van der Waals surface area contributed by atoms with E-state index in [0.717, 1.165) is 12.5 Å². The van der Waals surface area contributed by atoms with E-state index in [0.29, 0.717) is 25.4 Å². The summed E-state index contributed by atoms with van der Waals surface area (Å²) in [7, 11) is 1.65. The molecule has 1 N–H and O–H groups in total. The minimum atomic E-state index is -1.12. The number of ether oxygens (including phenoxy) is 1. The van der Waals surface area contributed by atoms with Crippen molar-refractivity contribution < 1.29 is 19.0 Å². The first kappa shape index (κ1) is 13.5. The molecule has 0 atom stereocenters. The Kier molecular flexibility index (Phi) is 4.16. The molecule has 1 aromatic rings. The summed E-state index contributed by atoms with van der Waals surface area (Å²) in [5.74, 6) is -1.62. The number of nitrogens with zero attached hydrogens (tertiary/aromatic N) is 1. The lowest BCUT2D eigenvalue weighted by Gasteiger charge is -2.28. The number of carboxylic acid groups (broad SMARTS) is 1. The molecule has 0 amide bonds. The number of methoxy groups -OCH3 is 1. The summed E-state index contributed by atoms with van der Waals surface area (Å²) >= 11 is 0. The molecule has 0 aliphatic carbocycles. The average Bonchev–Trinajstić information content (AvgIpc) is 2.40. The first-order chi connectivity index (χ1) is 9.11. The molecule has 0 saturated carbocycles. The number of benzene rings is 1. The van der Waals surface area contributed by atoms with Crippen LogP contribution in [0.5, 0.6) is 0 Å². The summed E-state index contributed by atoms with van der Waals surface area (Å²) in [5.41, 5.74) is 1.62. The Morgan fingerprint density at radius 3 is 2.84 bits per heavy atom. The topological polar surface area (TPSA) is 49.8 Å². The summed E-state index contributed by atoms with van der Waals surface area (Å²) < 4.78 is 19.0. The van der Waals surface area contributed by atoms with E-state index < -0.39 is 11.8 Å². The van der Waals surface area contributed by atoms with Crippen LogP contribution >= 0.6 is 0 Å². The molecule has 0 bridgehead atoms. The lowest BCUT2D eigenvalue weighted by Crippen LogP contribution is -2.30. The molecule has 1 aromatic carbocycles. The highest BCUT2D eigenvalue weighted by Gasteiger charge is 2.16. The van der Waals surface area contributed by atoms with Crippen molar-refractivity contribution >= 4 is 11.7 Å². The molecule has 1 aliphatic heterocycles. The summed E-state index contributed by atoms with van der Waals surface area (Å²) in [5, 5.41) is 8.80. The van der Waals surface area contributed by atoms with Gasteiger partial charge in [0, 0.05) is 20.2 Å². The number of hydrogen-bond donors (Lipinski definition) is 1. The summed E-state index contributed by atoms with van der Waals surface area (Å²) in [6.07, 6.45) is 2.85. The van der Waals surface area contributed by atoms with E-state index >= 15 is 0 Å². The second-order valence-electron chi connectivity index (χ2n) is 4.46. The first-order valence-electron chi connectivity index (χ1n) is 6.06. The standard InChI is InChI=1S/C14H16FNO3/c1-19-9-10-4-6-16(7-5-10)13-3-2-11(14(17)18)8-12(13)15/h2-4,8H,5-7,9H2,1H3,(H,17,18). The Balaban J connectivity index is 2.14. The second kappa shape index (κ2) is 5.84. The van der Waals surface area contributed by atoms with Gasteiger partial charge in [-0.1, -0.05) is 6.08 Å². The molecule has 0 aromatic heterocycles. The lowest BCUT2D eigenvalue weighted by molar-refractivity contribution is 0.0696. The molecule has 0 radical (unpaired) electrons. The molecule has 102 valence electrons. The van der Waals surface area contributed by atoms with Crippen molar-refractivity contribution in [1.29, 1.82) is 0 Å². The number of aromatic carboxylic acids is 1. The highest BCUT2D eigenvalue weighted by Crippen LogP contribution is 2.24. The molecule has 0 unspecified atom stereocenters. The summed E-state index contributed by atoms with van der Waals surface area (Å²) in [4.78, 5) is 12.6. The van der Waals surface area contributed by atoms with Gasteiger partial charge in [0.2, 0.25) is 0 Å². The molecule has 1 aliphatic rings. The van der Waals surface area contributed by atoms with Gasteiger partial charge in [-0.2, -0.15) is 0 Å². The van der Waals surface area contributed by atoms with Gasteiger partial charge in [0.05, 0.1) is 17.9 Å². The Hall–Kier alpha value is -1.88. The van der Waals surface area contributed by atoms with Crippen LogP contribution in [0.2, 0.25) is 0 Å². The van der Waals surface area contributed by atoms with E-state index in [1.165, 1.54) is 17.7 Å². The van der Waals surface area contributed by atoms with Crippen LogP contribution in [0.15, 0.2) is 29.8 Å². The lowest BCUT2D eigenvalue weighted by atomic mass is 10.1. The smallest absolute Gasteiger partial charge is 0.335 e. The fourth-order valence-electron chi connectivity index (χ4n) is 2.14. The second-order valence-corrected chi connectivity index (χ2v) is 4.46. The Bertz CT molecular complexity index is 513. The van der Waals surface area contributed by atoms with Gasteiger partial charge in [0.1, 0.15) is 5.82 Å². The number of anilines is 1. The minimum absolute atomic E-state index is 0.0335. The molecule has 4 nitrogen and oxygen atoms in total. The van der Waals surface area contributed by atoms with Gasteiger partial charge in [-0.05, 0) is 30.2 Å². The van der Waals surface area contributed by atoms with E-state index in [1.54, 1.807) is 7.11 Å². The van der Waals surface area contributed by atoms with Crippen LogP contribution in [0, 0.1) is 5.82 Å². The fourth-order valence-corrected chi connectivity index (χ4v) is 2.14. The zero-order valence-electron chi connectivity index (χ0n) is 10.7. The molecular weight excluding hydrogens is 249 g/mol. The summed E-state index contributed by atoms with van der Waals surface area (Å²) in [6.45, 7) is 1.93. The van der Waals surface area contributed by atoms with Crippen LogP contribution in [-0.4, -0.2) is 37.9 Å². The quantitative estimate of drug-likeness (QED) is 0.849. The van der Waals surface area contributed by atoms with Crippen molar-refractivity contribution in [3.63, 3.8) is 0 Å². The molecular formula is C14H16FNO3. The van der Waals surface area contributed by atoms with Crippen LogP contribution < -0.4 is 4.90 Å². The Labute approximate surface area is 111 Å². The maximum absolute atomic E-state index is 13.9.